The smallest absolute Gasteiger partial charge is 0.203 e. The highest BCUT2D eigenvalue weighted by atomic mass is 32.1. The summed E-state index contributed by atoms with van der Waals surface area (Å²) in [4.78, 5) is 13.7. The van der Waals surface area contributed by atoms with E-state index in [1.165, 1.54) is 25.1 Å². The number of imidazole rings is 1. The van der Waals surface area contributed by atoms with Crippen molar-refractivity contribution in [1.29, 1.82) is 0 Å². The lowest BCUT2D eigenvalue weighted by Gasteiger charge is -2.13. The largest absolute Gasteiger partial charge is 0.493 e. The van der Waals surface area contributed by atoms with Gasteiger partial charge in [0.2, 0.25) is 5.75 Å². The number of nitrogens with one attached hydrogen (secondary N) is 1. The monoisotopic (exact) mass is 454 g/mol. The number of aryl methyl sites for hydroxylation is 4. The summed E-state index contributed by atoms with van der Waals surface area (Å²) in [7, 11) is 4.84. The van der Waals surface area contributed by atoms with E-state index in [4.69, 9.17) is 19.2 Å². The van der Waals surface area contributed by atoms with Gasteiger partial charge in [0.25, 0.3) is 0 Å². The van der Waals surface area contributed by atoms with Gasteiger partial charge in [-0.3, -0.25) is 0 Å². The maximum Gasteiger partial charge on any atom is 0.203 e. The van der Waals surface area contributed by atoms with Crippen LogP contribution in [-0.2, 0) is 0 Å². The number of thiophene rings is 2. The summed E-state index contributed by atoms with van der Waals surface area (Å²) in [6.45, 7) is 8.57. The Morgan fingerprint density at radius 2 is 1.29 bits per heavy atom. The summed E-state index contributed by atoms with van der Waals surface area (Å²) in [6, 6.07) is 8.29. The highest BCUT2D eigenvalue weighted by molar-refractivity contribution is 7.12. The number of nitrogens with zero attached hydrogens (tertiary/aromatic N) is 1. The molecule has 0 aliphatic heterocycles. The fraction of sp³-hybridized carbons (Fsp3) is 0.292. The van der Waals surface area contributed by atoms with E-state index in [9.17, 15) is 0 Å². The lowest BCUT2D eigenvalue weighted by molar-refractivity contribution is 0.324. The van der Waals surface area contributed by atoms with Crippen molar-refractivity contribution in [1.82, 2.24) is 9.97 Å². The molecule has 0 amide bonds. The Kier molecular flexibility index (Phi) is 5.81. The molecule has 3 aromatic heterocycles. The van der Waals surface area contributed by atoms with Gasteiger partial charge in [-0.2, -0.15) is 0 Å². The Balaban J connectivity index is 1.96. The number of benzene rings is 1. The first-order valence-electron chi connectivity index (χ1n) is 9.91. The minimum absolute atomic E-state index is 0.564. The maximum absolute atomic E-state index is 5.55. The molecular weight excluding hydrogens is 428 g/mol. The van der Waals surface area contributed by atoms with Gasteiger partial charge in [0.15, 0.2) is 11.5 Å². The van der Waals surface area contributed by atoms with Gasteiger partial charge in [0.1, 0.15) is 5.82 Å². The van der Waals surface area contributed by atoms with Crippen LogP contribution in [0.5, 0.6) is 17.2 Å². The molecule has 0 bridgehead atoms. The molecule has 4 rings (SSSR count). The van der Waals surface area contributed by atoms with Crippen LogP contribution in [-0.4, -0.2) is 31.3 Å². The van der Waals surface area contributed by atoms with Crippen molar-refractivity contribution in [3.63, 3.8) is 0 Å². The second-order valence-corrected chi connectivity index (χ2v) is 10.3. The van der Waals surface area contributed by atoms with Crippen LogP contribution in [0.25, 0.3) is 33.9 Å². The van der Waals surface area contributed by atoms with E-state index in [1.807, 2.05) is 12.1 Å². The van der Waals surface area contributed by atoms with Crippen molar-refractivity contribution in [2.24, 2.45) is 0 Å². The molecule has 3 heterocycles. The van der Waals surface area contributed by atoms with Crippen molar-refractivity contribution < 1.29 is 14.2 Å². The first-order chi connectivity index (χ1) is 14.9. The molecule has 0 aliphatic rings. The van der Waals surface area contributed by atoms with Gasteiger partial charge in [0, 0.05) is 36.2 Å². The van der Waals surface area contributed by atoms with Crippen LogP contribution in [0, 0.1) is 27.7 Å². The summed E-state index contributed by atoms with van der Waals surface area (Å²) in [5.74, 6) is 2.52. The Labute approximate surface area is 190 Å². The zero-order valence-electron chi connectivity index (χ0n) is 18.8. The van der Waals surface area contributed by atoms with Crippen molar-refractivity contribution >= 4 is 22.7 Å². The Hall–Kier alpha value is -2.77. The van der Waals surface area contributed by atoms with Crippen molar-refractivity contribution in [2.45, 2.75) is 27.7 Å². The Morgan fingerprint density at radius 3 is 1.74 bits per heavy atom. The second-order valence-electron chi connectivity index (χ2n) is 7.38. The van der Waals surface area contributed by atoms with E-state index >= 15 is 0 Å². The second kappa shape index (κ2) is 8.40. The topological polar surface area (TPSA) is 56.4 Å². The quantitative estimate of drug-likeness (QED) is 0.348. The van der Waals surface area contributed by atoms with E-state index in [2.05, 4.69) is 44.8 Å². The van der Waals surface area contributed by atoms with Gasteiger partial charge in [-0.15, -0.1) is 22.7 Å². The normalized spacial score (nSPS) is 11.1. The van der Waals surface area contributed by atoms with E-state index in [1.54, 1.807) is 44.0 Å². The third kappa shape index (κ3) is 3.83. The molecule has 0 saturated heterocycles. The minimum atomic E-state index is 0.564. The van der Waals surface area contributed by atoms with Gasteiger partial charge >= 0.3 is 0 Å². The number of ether oxygens (including phenoxy) is 3. The van der Waals surface area contributed by atoms with Crippen molar-refractivity contribution in [3.05, 3.63) is 43.8 Å². The van der Waals surface area contributed by atoms with Crippen LogP contribution in [0.15, 0.2) is 24.3 Å². The van der Waals surface area contributed by atoms with Crippen LogP contribution in [0.4, 0.5) is 0 Å². The molecule has 0 aliphatic carbocycles. The zero-order valence-corrected chi connectivity index (χ0v) is 20.4. The lowest BCUT2D eigenvalue weighted by atomic mass is 10.1. The lowest BCUT2D eigenvalue weighted by Crippen LogP contribution is -1.96. The van der Waals surface area contributed by atoms with E-state index in [0.29, 0.717) is 17.2 Å². The first-order valence-corrected chi connectivity index (χ1v) is 11.5. The average Bonchev–Trinajstić information content (AvgIpc) is 3.42. The molecule has 0 fully saturated rings. The summed E-state index contributed by atoms with van der Waals surface area (Å²) < 4.78 is 16.6. The number of methoxy groups -OCH3 is 3. The fourth-order valence-electron chi connectivity index (χ4n) is 3.86. The standard InChI is InChI=1S/C24H26N2O3S2/c1-12-8-17(14(3)30-12)21-22(18-9-13(2)31-15(18)4)26-24(25-21)16-10-19(27-5)23(29-7)20(11-16)28-6/h8-11H,1-7H3,(H,25,26). The molecule has 1 N–H and O–H groups in total. The molecule has 5 nitrogen and oxygen atoms in total. The fourth-order valence-corrected chi connectivity index (χ4v) is 5.72. The molecular formula is C24H26N2O3S2. The van der Waals surface area contributed by atoms with Crippen LogP contribution < -0.4 is 14.2 Å². The zero-order chi connectivity index (χ0) is 22.3. The van der Waals surface area contributed by atoms with Crippen molar-refractivity contribution in [2.75, 3.05) is 21.3 Å². The summed E-state index contributed by atoms with van der Waals surface area (Å²) in [6.07, 6.45) is 0. The SMILES string of the molecule is COc1cc(-c2nc(-c3cc(C)sc3C)c(-c3cc(C)sc3C)[nH]2)cc(OC)c1OC. The van der Waals surface area contributed by atoms with Gasteiger partial charge in [-0.25, -0.2) is 4.98 Å². The van der Waals surface area contributed by atoms with Crippen molar-refractivity contribution in [3.8, 4) is 51.2 Å². The minimum Gasteiger partial charge on any atom is -0.493 e. The predicted octanol–water partition coefficient (Wildman–Crippen LogP) is 6.79. The molecule has 0 atom stereocenters. The Morgan fingerprint density at radius 1 is 0.742 bits per heavy atom. The summed E-state index contributed by atoms with van der Waals surface area (Å²) in [5, 5.41) is 0. The number of H-pyrrole nitrogens is 1. The molecule has 31 heavy (non-hydrogen) atoms. The first kappa shape index (κ1) is 21.5. The number of hydrogen-bond donors (Lipinski definition) is 1. The summed E-state index contributed by atoms with van der Waals surface area (Å²) >= 11 is 3.59. The molecule has 0 radical (unpaired) electrons. The van der Waals surface area contributed by atoms with Gasteiger partial charge in [-0.1, -0.05) is 0 Å². The molecule has 0 spiro atoms. The molecule has 162 valence electrons. The van der Waals surface area contributed by atoms with Crippen LogP contribution >= 0.6 is 22.7 Å². The molecule has 0 saturated carbocycles. The number of aromatic amines is 1. The highest BCUT2D eigenvalue weighted by Crippen LogP contribution is 2.44. The highest BCUT2D eigenvalue weighted by Gasteiger charge is 2.22. The maximum atomic E-state index is 5.55. The van der Waals surface area contributed by atoms with Crippen LogP contribution in [0.2, 0.25) is 0 Å². The Bertz CT molecular complexity index is 1160. The average molecular weight is 455 g/mol. The van der Waals surface area contributed by atoms with E-state index in [-0.39, 0.29) is 0 Å². The predicted molar refractivity (Wildman–Crippen MR) is 129 cm³/mol. The third-order valence-corrected chi connectivity index (χ3v) is 7.18. The van der Waals surface area contributed by atoms with Gasteiger partial charge in [-0.05, 0) is 52.0 Å². The molecule has 0 unspecified atom stereocenters. The molecule has 4 aromatic rings. The number of rotatable bonds is 6. The van der Waals surface area contributed by atoms with E-state index in [0.717, 1.165) is 28.3 Å². The molecule has 1 aromatic carbocycles. The van der Waals surface area contributed by atoms with Gasteiger partial charge in [0.05, 0.1) is 32.7 Å². The van der Waals surface area contributed by atoms with E-state index < -0.39 is 0 Å². The van der Waals surface area contributed by atoms with Gasteiger partial charge < -0.3 is 19.2 Å². The van der Waals surface area contributed by atoms with Crippen LogP contribution in [0.1, 0.15) is 19.5 Å². The number of aromatic nitrogens is 2. The summed E-state index contributed by atoms with van der Waals surface area (Å²) in [5.41, 5.74) is 5.22. The van der Waals surface area contributed by atoms with Crippen LogP contribution in [0.3, 0.4) is 0 Å². The number of hydrogen-bond acceptors (Lipinski definition) is 6. The third-order valence-electron chi connectivity index (χ3n) is 5.25. The molecule has 7 heteroatoms.